The first-order valence-electron chi connectivity index (χ1n) is 5.51. The predicted octanol–water partition coefficient (Wildman–Crippen LogP) is 2.67. The van der Waals surface area contributed by atoms with Gasteiger partial charge in [-0.25, -0.2) is 4.98 Å². The number of aliphatic imine (C=N–C) groups is 1. The molecule has 1 unspecified atom stereocenters. The highest BCUT2D eigenvalue weighted by atomic mass is 32.2. The number of thiazole rings is 1. The fourth-order valence-corrected chi connectivity index (χ4v) is 3.19. The lowest BCUT2D eigenvalue weighted by Gasteiger charge is -2.11. The minimum absolute atomic E-state index is 0.639. The van der Waals surface area contributed by atoms with Gasteiger partial charge in [0.05, 0.1) is 13.1 Å². The van der Waals surface area contributed by atoms with Crippen molar-refractivity contribution in [1.29, 1.82) is 0 Å². The molecule has 1 aromatic heterocycles. The minimum atomic E-state index is 0.639. The Morgan fingerprint density at radius 2 is 2.38 bits per heavy atom. The molecule has 2 heterocycles. The van der Waals surface area contributed by atoms with Crippen molar-refractivity contribution in [2.24, 2.45) is 10.9 Å². The van der Waals surface area contributed by atoms with Crippen molar-refractivity contribution in [3.63, 3.8) is 0 Å². The van der Waals surface area contributed by atoms with E-state index in [1.807, 2.05) is 18.7 Å². The molecular weight excluding hydrogens is 238 g/mol. The van der Waals surface area contributed by atoms with E-state index in [0.29, 0.717) is 11.2 Å². The smallest absolute Gasteiger partial charge is 0.157 e. The maximum absolute atomic E-state index is 4.51. The molecule has 0 radical (unpaired) electrons. The van der Waals surface area contributed by atoms with Crippen LogP contribution in [-0.2, 0) is 6.54 Å². The molecule has 2 rings (SSSR count). The SMILES string of the molecule is Cc1csc(CNC2=NCC(C(C)C)S2)n1. The molecule has 1 aromatic rings. The van der Waals surface area contributed by atoms with Crippen molar-refractivity contribution in [2.75, 3.05) is 6.54 Å². The standard InChI is InChI=1S/C11H17N3S2/c1-7(2)9-4-12-11(16-9)13-5-10-14-8(3)6-15-10/h6-7,9H,4-5H2,1-3H3,(H,12,13). The lowest BCUT2D eigenvalue weighted by atomic mass is 10.1. The molecule has 0 aliphatic carbocycles. The molecule has 0 saturated heterocycles. The number of aromatic nitrogens is 1. The van der Waals surface area contributed by atoms with Crippen LogP contribution in [0.15, 0.2) is 10.4 Å². The Bertz CT molecular complexity index is 384. The van der Waals surface area contributed by atoms with E-state index in [1.54, 1.807) is 11.3 Å². The van der Waals surface area contributed by atoms with Gasteiger partial charge >= 0.3 is 0 Å². The van der Waals surface area contributed by atoms with Gasteiger partial charge in [0, 0.05) is 16.3 Å². The monoisotopic (exact) mass is 255 g/mol. The van der Waals surface area contributed by atoms with E-state index in [0.717, 1.165) is 29.0 Å². The number of nitrogens with one attached hydrogen (secondary N) is 1. The molecule has 0 aromatic carbocycles. The van der Waals surface area contributed by atoms with Crippen LogP contribution in [0.2, 0.25) is 0 Å². The Balaban J connectivity index is 1.80. The first-order chi connectivity index (χ1) is 7.65. The van der Waals surface area contributed by atoms with E-state index >= 15 is 0 Å². The van der Waals surface area contributed by atoms with E-state index in [4.69, 9.17) is 0 Å². The van der Waals surface area contributed by atoms with E-state index in [-0.39, 0.29) is 0 Å². The number of hydrogen-bond donors (Lipinski definition) is 1. The zero-order valence-corrected chi connectivity index (χ0v) is 11.5. The van der Waals surface area contributed by atoms with Crippen molar-refractivity contribution in [1.82, 2.24) is 10.3 Å². The number of rotatable bonds is 3. The maximum atomic E-state index is 4.51. The van der Waals surface area contributed by atoms with Crippen LogP contribution in [0.3, 0.4) is 0 Å². The van der Waals surface area contributed by atoms with Crippen molar-refractivity contribution < 1.29 is 0 Å². The molecule has 1 N–H and O–H groups in total. The highest BCUT2D eigenvalue weighted by molar-refractivity contribution is 8.14. The number of nitrogens with zero attached hydrogens (tertiary/aromatic N) is 2. The van der Waals surface area contributed by atoms with Gasteiger partial charge in [0.2, 0.25) is 0 Å². The van der Waals surface area contributed by atoms with Gasteiger partial charge in [0.15, 0.2) is 5.17 Å². The highest BCUT2D eigenvalue weighted by Crippen LogP contribution is 2.26. The third-order valence-corrected chi connectivity index (χ3v) is 4.94. The fraction of sp³-hybridized carbons (Fsp3) is 0.636. The van der Waals surface area contributed by atoms with Gasteiger partial charge in [0.1, 0.15) is 5.01 Å². The van der Waals surface area contributed by atoms with E-state index < -0.39 is 0 Å². The second-order valence-electron chi connectivity index (χ2n) is 4.28. The normalized spacial score (nSPS) is 20.2. The maximum Gasteiger partial charge on any atom is 0.157 e. The van der Waals surface area contributed by atoms with Crippen LogP contribution in [-0.4, -0.2) is 21.9 Å². The molecular formula is C11H17N3S2. The highest BCUT2D eigenvalue weighted by Gasteiger charge is 2.22. The van der Waals surface area contributed by atoms with Gasteiger partial charge in [-0.15, -0.1) is 11.3 Å². The quantitative estimate of drug-likeness (QED) is 0.902. The molecule has 0 spiro atoms. The summed E-state index contributed by atoms with van der Waals surface area (Å²) in [4.78, 5) is 8.92. The minimum Gasteiger partial charge on any atom is -0.358 e. The predicted molar refractivity (Wildman–Crippen MR) is 72.2 cm³/mol. The number of amidine groups is 1. The molecule has 1 aliphatic rings. The van der Waals surface area contributed by atoms with E-state index in [2.05, 4.69) is 34.5 Å². The van der Waals surface area contributed by atoms with Gasteiger partial charge in [-0.05, 0) is 12.8 Å². The third kappa shape index (κ3) is 2.98. The van der Waals surface area contributed by atoms with Crippen LogP contribution in [0.4, 0.5) is 0 Å². The van der Waals surface area contributed by atoms with Gasteiger partial charge in [-0.1, -0.05) is 25.6 Å². The lowest BCUT2D eigenvalue weighted by Crippen LogP contribution is -2.19. The van der Waals surface area contributed by atoms with E-state index in [9.17, 15) is 0 Å². The molecule has 1 atom stereocenters. The zero-order valence-electron chi connectivity index (χ0n) is 9.86. The van der Waals surface area contributed by atoms with Crippen molar-refractivity contribution in [2.45, 2.75) is 32.6 Å². The lowest BCUT2D eigenvalue weighted by molar-refractivity contribution is 0.621. The van der Waals surface area contributed by atoms with Crippen LogP contribution < -0.4 is 5.32 Å². The first kappa shape index (κ1) is 11.9. The van der Waals surface area contributed by atoms with Gasteiger partial charge in [-0.3, -0.25) is 4.99 Å². The molecule has 0 amide bonds. The van der Waals surface area contributed by atoms with Gasteiger partial charge < -0.3 is 5.32 Å². The van der Waals surface area contributed by atoms with Crippen LogP contribution in [0.25, 0.3) is 0 Å². The van der Waals surface area contributed by atoms with Crippen molar-refractivity contribution >= 4 is 28.3 Å². The summed E-state index contributed by atoms with van der Waals surface area (Å²) in [5.41, 5.74) is 1.10. The molecule has 1 aliphatic heterocycles. The largest absolute Gasteiger partial charge is 0.358 e. The van der Waals surface area contributed by atoms with Crippen molar-refractivity contribution in [3.8, 4) is 0 Å². The fourth-order valence-electron chi connectivity index (χ4n) is 1.47. The second kappa shape index (κ2) is 5.19. The summed E-state index contributed by atoms with van der Waals surface area (Å²) in [6.45, 7) is 8.27. The summed E-state index contributed by atoms with van der Waals surface area (Å²) in [6, 6.07) is 0. The average Bonchev–Trinajstić information content (AvgIpc) is 2.83. The second-order valence-corrected chi connectivity index (χ2v) is 6.45. The Morgan fingerprint density at radius 3 is 2.94 bits per heavy atom. The van der Waals surface area contributed by atoms with Crippen LogP contribution >= 0.6 is 23.1 Å². The first-order valence-corrected chi connectivity index (χ1v) is 7.27. The average molecular weight is 255 g/mol. The zero-order chi connectivity index (χ0) is 11.5. The molecule has 0 bridgehead atoms. The summed E-state index contributed by atoms with van der Waals surface area (Å²) in [5, 5.41) is 8.29. The third-order valence-electron chi connectivity index (χ3n) is 2.48. The number of hydrogen-bond acceptors (Lipinski definition) is 5. The van der Waals surface area contributed by atoms with E-state index in [1.165, 1.54) is 0 Å². The molecule has 3 nitrogen and oxygen atoms in total. The number of thioether (sulfide) groups is 1. The Morgan fingerprint density at radius 1 is 1.56 bits per heavy atom. The summed E-state index contributed by atoms with van der Waals surface area (Å²) < 4.78 is 0. The molecule has 5 heteroatoms. The van der Waals surface area contributed by atoms with Gasteiger partial charge in [0.25, 0.3) is 0 Å². The summed E-state index contributed by atoms with van der Waals surface area (Å²) in [6.07, 6.45) is 0. The van der Waals surface area contributed by atoms with Crippen LogP contribution in [0.1, 0.15) is 24.5 Å². The summed E-state index contributed by atoms with van der Waals surface area (Å²) in [7, 11) is 0. The van der Waals surface area contributed by atoms with Crippen LogP contribution in [0.5, 0.6) is 0 Å². The summed E-state index contributed by atoms with van der Waals surface area (Å²) >= 11 is 3.56. The van der Waals surface area contributed by atoms with Crippen molar-refractivity contribution in [3.05, 3.63) is 16.1 Å². The summed E-state index contributed by atoms with van der Waals surface area (Å²) in [5.74, 6) is 0.690. The Labute approximate surface area is 105 Å². The molecule has 88 valence electrons. The molecule has 0 saturated carbocycles. The Kier molecular flexibility index (Phi) is 3.86. The molecule has 16 heavy (non-hydrogen) atoms. The topological polar surface area (TPSA) is 37.3 Å². The van der Waals surface area contributed by atoms with Crippen LogP contribution in [0, 0.1) is 12.8 Å². The Hall–Kier alpha value is -0.550. The number of aryl methyl sites for hydroxylation is 1. The van der Waals surface area contributed by atoms with Gasteiger partial charge in [-0.2, -0.15) is 0 Å². The molecule has 0 fully saturated rings.